The van der Waals surface area contributed by atoms with Gasteiger partial charge >= 0.3 is 0 Å². The average Bonchev–Trinajstić information content (AvgIpc) is 3.15. The molecule has 3 heterocycles. The number of hydrogen-bond acceptors (Lipinski definition) is 6. The molecule has 2 aliphatic rings. The van der Waals surface area contributed by atoms with E-state index >= 15 is 0 Å². The minimum atomic E-state index is -0.0207. The molecule has 0 aliphatic carbocycles. The summed E-state index contributed by atoms with van der Waals surface area (Å²) < 4.78 is 10.7. The molecule has 7 heteroatoms. The normalized spacial score (nSPS) is 18.7. The molecule has 26 heavy (non-hydrogen) atoms. The lowest BCUT2D eigenvalue weighted by molar-refractivity contribution is 0.0602. The Morgan fingerprint density at radius 3 is 3.00 bits per heavy atom. The summed E-state index contributed by atoms with van der Waals surface area (Å²) in [4.78, 5) is 23.3. The molecule has 2 aromatic rings. The first-order chi connectivity index (χ1) is 12.7. The Bertz CT molecular complexity index is 811. The number of amides is 1. The maximum atomic E-state index is 12.9. The van der Waals surface area contributed by atoms with Gasteiger partial charge in [-0.15, -0.1) is 0 Å². The van der Waals surface area contributed by atoms with Gasteiger partial charge in [0.05, 0.1) is 0 Å². The van der Waals surface area contributed by atoms with Crippen LogP contribution in [-0.2, 0) is 0 Å². The smallest absolute Gasteiger partial charge is 0.272 e. The molecule has 4 rings (SSSR count). The number of nitrogens with zero attached hydrogens (tertiary/aromatic N) is 3. The first-order valence-corrected chi connectivity index (χ1v) is 9.04. The van der Waals surface area contributed by atoms with Crippen molar-refractivity contribution in [2.45, 2.75) is 38.6 Å². The number of ether oxygens (including phenoxy) is 2. The lowest BCUT2D eigenvalue weighted by atomic mass is 9.99. The summed E-state index contributed by atoms with van der Waals surface area (Å²) in [6.45, 7) is 3.16. The zero-order valence-electron chi connectivity index (χ0n) is 14.8. The quantitative estimate of drug-likeness (QED) is 0.907. The topological polar surface area (TPSA) is 76.6 Å². The lowest BCUT2D eigenvalue weighted by Crippen LogP contribution is -2.43. The number of nitrogens with one attached hydrogen (secondary N) is 1. The van der Waals surface area contributed by atoms with E-state index in [9.17, 15) is 4.79 Å². The largest absolute Gasteiger partial charge is 0.454 e. The van der Waals surface area contributed by atoms with E-state index in [1.807, 2.05) is 23.1 Å². The molecular formula is C19H22N4O3. The maximum absolute atomic E-state index is 12.9. The van der Waals surface area contributed by atoms with Gasteiger partial charge in [0.2, 0.25) is 6.79 Å². The van der Waals surface area contributed by atoms with Crippen LogP contribution >= 0.6 is 0 Å². The molecule has 136 valence electrons. The molecule has 1 unspecified atom stereocenters. The predicted molar refractivity (Wildman–Crippen MR) is 96.8 cm³/mol. The summed E-state index contributed by atoms with van der Waals surface area (Å²) in [6.07, 6.45) is 5.70. The first kappa shape index (κ1) is 16.6. The third-order valence-corrected chi connectivity index (χ3v) is 4.89. The predicted octanol–water partition coefficient (Wildman–Crippen LogP) is 3.35. The van der Waals surface area contributed by atoms with Crippen molar-refractivity contribution in [3.8, 4) is 11.5 Å². The summed E-state index contributed by atoms with van der Waals surface area (Å²) in [6, 6.07) is 7.58. The van der Waals surface area contributed by atoms with Crippen LogP contribution in [0.1, 0.15) is 43.1 Å². The molecule has 1 N–H and O–H groups in total. The monoisotopic (exact) mass is 354 g/mol. The molecule has 0 radical (unpaired) electrons. The number of piperidine rings is 1. The summed E-state index contributed by atoms with van der Waals surface area (Å²) in [5.74, 6) is 1.98. The van der Waals surface area contributed by atoms with E-state index in [-0.39, 0.29) is 12.7 Å². The fourth-order valence-corrected chi connectivity index (χ4v) is 3.50. The number of carbonyl (C=O) groups excluding carboxylic acids is 1. The second-order valence-corrected chi connectivity index (χ2v) is 6.54. The fraction of sp³-hybridized carbons (Fsp3) is 0.421. The van der Waals surface area contributed by atoms with Crippen molar-refractivity contribution in [2.75, 3.05) is 18.7 Å². The molecule has 1 atom stereocenters. The molecule has 7 nitrogen and oxygen atoms in total. The van der Waals surface area contributed by atoms with Crippen LogP contribution in [0.3, 0.4) is 0 Å². The van der Waals surface area contributed by atoms with Crippen LogP contribution < -0.4 is 14.8 Å². The Balaban J connectivity index is 1.52. The van der Waals surface area contributed by atoms with Crippen molar-refractivity contribution >= 4 is 17.4 Å². The highest BCUT2D eigenvalue weighted by Crippen LogP contribution is 2.35. The van der Waals surface area contributed by atoms with E-state index < -0.39 is 0 Å². The van der Waals surface area contributed by atoms with Crippen LogP contribution in [0.2, 0.25) is 0 Å². The van der Waals surface area contributed by atoms with Crippen molar-refractivity contribution in [3.05, 3.63) is 36.3 Å². The van der Waals surface area contributed by atoms with Gasteiger partial charge < -0.3 is 19.7 Å². The van der Waals surface area contributed by atoms with Gasteiger partial charge in [0, 0.05) is 30.4 Å². The maximum Gasteiger partial charge on any atom is 0.272 e. The van der Waals surface area contributed by atoms with E-state index in [4.69, 9.17) is 9.47 Å². The van der Waals surface area contributed by atoms with E-state index in [0.717, 1.165) is 37.2 Å². The van der Waals surface area contributed by atoms with Crippen LogP contribution in [0.25, 0.3) is 0 Å². The third kappa shape index (κ3) is 3.29. The summed E-state index contributed by atoms with van der Waals surface area (Å²) in [5.41, 5.74) is 1.24. The highest BCUT2D eigenvalue weighted by molar-refractivity contribution is 5.93. The van der Waals surface area contributed by atoms with Gasteiger partial charge in [0.1, 0.15) is 17.8 Å². The fourth-order valence-electron chi connectivity index (χ4n) is 3.50. The molecule has 1 aromatic heterocycles. The molecule has 1 saturated heterocycles. The van der Waals surface area contributed by atoms with Crippen LogP contribution in [0.5, 0.6) is 11.5 Å². The third-order valence-electron chi connectivity index (χ3n) is 4.89. The van der Waals surface area contributed by atoms with Gasteiger partial charge in [0.15, 0.2) is 11.5 Å². The lowest BCUT2D eigenvalue weighted by Gasteiger charge is -2.35. The number of fused-ring (bicyclic) bond motifs is 1. The van der Waals surface area contributed by atoms with Crippen LogP contribution in [0.15, 0.2) is 30.6 Å². The standard InChI is InChI=1S/C19H22N4O3/c1-2-14-5-3-4-8-23(14)19(24)15-10-18(21-11-20-15)22-13-6-7-16-17(9-13)26-12-25-16/h6-7,9-11,14H,2-5,8,12H2,1H3,(H,20,21,22). The van der Waals surface area contributed by atoms with Crippen molar-refractivity contribution in [3.63, 3.8) is 0 Å². The van der Waals surface area contributed by atoms with Crippen LogP contribution in [-0.4, -0.2) is 40.2 Å². The Morgan fingerprint density at radius 1 is 1.23 bits per heavy atom. The SMILES string of the molecule is CCC1CCCCN1C(=O)c1cc(Nc2ccc3c(c2)OCO3)ncn1. The minimum absolute atomic E-state index is 0.0207. The van der Waals surface area contributed by atoms with Gasteiger partial charge in [-0.25, -0.2) is 9.97 Å². The number of anilines is 2. The van der Waals surface area contributed by atoms with Gasteiger partial charge in [-0.05, 0) is 37.8 Å². The number of likely N-dealkylation sites (tertiary alicyclic amines) is 1. The zero-order valence-corrected chi connectivity index (χ0v) is 14.8. The van der Waals surface area contributed by atoms with Crippen molar-refractivity contribution in [2.24, 2.45) is 0 Å². The van der Waals surface area contributed by atoms with Gasteiger partial charge in [-0.2, -0.15) is 0 Å². The summed E-state index contributed by atoms with van der Waals surface area (Å²) in [7, 11) is 0. The molecule has 1 amide bonds. The number of benzene rings is 1. The average molecular weight is 354 g/mol. The van der Waals surface area contributed by atoms with E-state index in [2.05, 4.69) is 22.2 Å². The van der Waals surface area contributed by atoms with Crippen molar-refractivity contribution in [1.29, 1.82) is 0 Å². The van der Waals surface area contributed by atoms with Gasteiger partial charge in [-0.3, -0.25) is 4.79 Å². The van der Waals surface area contributed by atoms with Gasteiger partial charge in [-0.1, -0.05) is 6.92 Å². The second kappa shape index (κ2) is 7.19. The highest BCUT2D eigenvalue weighted by Gasteiger charge is 2.27. The molecule has 0 spiro atoms. The van der Waals surface area contributed by atoms with Gasteiger partial charge in [0.25, 0.3) is 5.91 Å². The molecule has 2 aliphatic heterocycles. The van der Waals surface area contributed by atoms with Crippen molar-refractivity contribution < 1.29 is 14.3 Å². The summed E-state index contributed by atoms with van der Waals surface area (Å²) in [5, 5.41) is 3.20. The number of carbonyl (C=O) groups is 1. The second-order valence-electron chi connectivity index (χ2n) is 6.54. The van der Waals surface area contributed by atoms with E-state index in [0.29, 0.717) is 23.3 Å². The van der Waals surface area contributed by atoms with Crippen LogP contribution in [0.4, 0.5) is 11.5 Å². The highest BCUT2D eigenvalue weighted by atomic mass is 16.7. The Labute approximate surface area is 152 Å². The first-order valence-electron chi connectivity index (χ1n) is 9.04. The zero-order chi connectivity index (χ0) is 17.9. The number of aromatic nitrogens is 2. The van der Waals surface area contributed by atoms with Crippen molar-refractivity contribution in [1.82, 2.24) is 14.9 Å². The molecular weight excluding hydrogens is 332 g/mol. The Hall–Kier alpha value is -2.83. The molecule has 1 fully saturated rings. The molecule has 0 bridgehead atoms. The molecule has 0 saturated carbocycles. The van der Waals surface area contributed by atoms with Crippen LogP contribution in [0, 0.1) is 0 Å². The van der Waals surface area contributed by atoms with E-state index in [1.165, 1.54) is 12.7 Å². The molecule has 1 aromatic carbocycles. The number of hydrogen-bond donors (Lipinski definition) is 1. The Morgan fingerprint density at radius 2 is 2.12 bits per heavy atom. The minimum Gasteiger partial charge on any atom is -0.454 e. The van der Waals surface area contributed by atoms with E-state index in [1.54, 1.807) is 6.07 Å². The summed E-state index contributed by atoms with van der Waals surface area (Å²) >= 11 is 0. The Kier molecular flexibility index (Phi) is 4.60. The number of rotatable bonds is 4.